The average Bonchev–Trinajstić information content (AvgIpc) is 1.53. The SMILES string of the molecule is CCSCC1O[C@@H]2O[C@@H]3C(CO)O[C@@H](O[C@@H]4C(CO)O[C@@H](O[C@@H]5C(CSC[C@@H](NC)C(=O)NCCC(=O)OCC(=O)OC[C@H]6O[C@@H](n7ccc(N)nc7=O)C(F)(F)[C@@H]6O)O[C@@H](O[C@@H]6C(CO)O[C@H](O[C@@H]7C(CO)O[C@H](O[C@@H]8C(CO)O[C@H](O[C@H]1[C@H](O)C2O)C(O)[C@H]8O)C(O)[C@H]7O)C(O)[C@H]6O)C(O)[C@H]5O)C(O)[C@H]4O)C(O)[C@H]3O. The van der Waals surface area contributed by atoms with E-state index in [1.54, 1.807) is 6.92 Å². The highest BCUT2D eigenvalue weighted by atomic mass is 32.2. The molecule has 112 heavy (non-hydrogen) atoms. The van der Waals surface area contributed by atoms with E-state index >= 15 is 0 Å². The quantitative estimate of drug-likeness (QED) is 0.0479. The number of ether oxygens (including phenoxy) is 17. The van der Waals surface area contributed by atoms with Gasteiger partial charge in [-0.15, -0.1) is 0 Å². The Bertz CT molecular complexity index is 3230. The summed E-state index contributed by atoms with van der Waals surface area (Å²) in [4.78, 5) is 54.3. The lowest BCUT2D eigenvalue weighted by atomic mass is 9.95. The van der Waals surface area contributed by atoms with Gasteiger partial charge in [-0.25, -0.2) is 9.59 Å². The van der Waals surface area contributed by atoms with Crippen molar-refractivity contribution < 1.29 is 206 Å². The summed E-state index contributed by atoms with van der Waals surface area (Å²) in [5, 5.41) is 232. The normalized spacial score (nSPS) is 45.0. The maximum Gasteiger partial charge on any atom is 0.351 e. The van der Waals surface area contributed by atoms with Gasteiger partial charge in [-0.05, 0) is 18.9 Å². The number of aromatic nitrogens is 2. The van der Waals surface area contributed by atoms with Gasteiger partial charge in [-0.1, -0.05) is 6.92 Å². The van der Waals surface area contributed by atoms with Crippen molar-refractivity contribution in [2.24, 2.45) is 0 Å². The molecule has 0 aromatic carbocycles. The number of hydrogen-bond donors (Lipinski definition) is 23. The molecule has 24 N–H and O–H groups in total. The van der Waals surface area contributed by atoms with Crippen molar-refractivity contribution in [3.63, 3.8) is 0 Å². The van der Waals surface area contributed by atoms with E-state index in [9.17, 15) is 130 Å². The molecule has 22 aliphatic rings. The van der Waals surface area contributed by atoms with Crippen molar-refractivity contribution >= 4 is 47.2 Å². The maximum atomic E-state index is 15.0. The largest absolute Gasteiger partial charge is 0.460 e. The fourth-order valence-electron chi connectivity index (χ4n) is 13.8. The van der Waals surface area contributed by atoms with Crippen molar-refractivity contribution in [3.8, 4) is 0 Å². The Kier molecular flexibility index (Phi) is 32.2. The molecule has 39 atom stereocenters. The number of nitrogens with zero attached hydrogens (tertiary/aromatic N) is 2. The number of aliphatic hydroxyl groups excluding tert-OH is 20. The molecule has 0 radical (unpaired) electrons. The minimum Gasteiger partial charge on any atom is -0.460 e. The van der Waals surface area contributed by atoms with E-state index in [-0.39, 0.29) is 17.3 Å². The van der Waals surface area contributed by atoms with Gasteiger partial charge in [-0.3, -0.25) is 14.2 Å². The monoisotopic (exact) mass is 1670 g/mol. The topological polar surface area (TPSA) is 698 Å². The lowest BCUT2D eigenvalue weighted by molar-refractivity contribution is -0.395. The van der Waals surface area contributed by atoms with Crippen LogP contribution in [-0.4, -0.2) is 451 Å². The highest BCUT2D eigenvalue weighted by Gasteiger charge is 2.62. The summed E-state index contributed by atoms with van der Waals surface area (Å²) in [7, 11) is 1.35. The number of halogens is 2. The van der Waals surface area contributed by atoms with E-state index in [0.29, 0.717) is 10.3 Å². The van der Waals surface area contributed by atoms with E-state index in [4.69, 9.17) is 86.3 Å². The molecular weight excluding hydrogens is 1570 g/mol. The smallest absolute Gasteiger partial charge is 0.351 e. The molecule has 1 aromatic rings. The van der Waals surface area contributed by atoms with Crippen LogP contribution in [0.4, 0.5) is 14.6 Å². The zero-order valence-electron chi connectivity index (χ0n) is 59.4. The van der Waals surface area contributed by atoms with Gasteiger partial charge in [0.15, 0.2) is 56.7 Å². The van der Waals surface area contributed by atoms with E-state index in [1.165, 1.54) is 18.8 Å². The number of aliphatic hydroxyl groups is 20. The molecule has 14 bridgehead atoms. The third kappa shape index (κ3) is 19.9. The van der Waals surface area contributed by atoms with Gasteiger partial charge in [0.1, 0.15) is 177 Å². The molecule has 23 heterocycles. The second kappa shape index (κ2) is 39.8. The highest BCUT2D eigenvalue weighted by Crippen LogP contribution is 2.44. The molecule has 0 aliphatic carbocycles. The van der Waals surface area contributed by atoms with Crippen molar-refractivity contribution in [2.45, 2.75) is 259 Å². The van der Waals surface area contributed by atoms with Crippen molar-refractivity contribution in [1.82, 2.24) is 20.2 Å². The van der Waals surface area contributed by atoms with E-state index in [1.807, 2.05) is 0 Å². The average molecular weight is 1670 g/mol. The maximum absolute atomic E-state index is 15.0. The molecule has 23 rings (SSSR count). The minimum absolute atomic E-state index is 0.0830. The van der Waals surface area contributed by atoms with Crippen LogP contribution in [0, 0.1) is 0 Å². The molecule has 0 saturated carbocycles. The van der Waals surface area contributed by atoms with Gasteiger partial charge in [0.2, 0.25) is 12.1 Å². The van der Waals surface area contributed by atoms with Crippen LogP contribution in [-0.2, 0) is 94.9 Å². The molecule has 22 saturated heterocycles. The molecule has 22 aliphatic heterocycles. The zero-order chi connectivity index (χ0) is 81.6. The summed E-state index contributed by atoms with van der Waals surface area (Å²) in [6.45, 7) is -6.19. The van der Waals surface area contributed by atoms with Gasteiger partial charge in [0, 0.05) is 30.0 Å². The Hall–Kier alpha value is -3.79. The van der Waals surface area contributed by atoms with Crippen LogP contribution in [0.1, 0.15) is 19.6 Å². The molecule has 46 nitrogen and oxygen atoms in total. The van der Waals surface area contributed by atoms with E-state index in [0.717, 1.165) is 24.0 Å². The summed E-state index contributed by atoms with van der Waals surface area (Å²) in [6, 6.07) is -0.145. The van der Waals surface area contributed by atoms with Crippen LogP contribution in [0.5, 0.6) is 0 Å². The Labute approximate surface area is 641 Å². The standard InChI is InChI=1S/C62H97F2N5O41S2/c1-3-111-16-25-49-35(82)42(89)58(101-25)107-47-22(11-73)97-55(38(85)31(47)78)106-46-21(10-72)100-57(41(88)34(46)81)110-50-26(17-112-15-18(66-2)52(92)67-6-4-28(75)95-14-29(76)94-13-24-51(91)62(63,64)60(103-24)69-7-5-27(65)68-61(69)93)102-59(43(90)36(50)83)108-48-23(12-74)98-54(39(86)32(48)79)104-44-19(8-70)96-53(37(84)30(44)77)105-45-20(9-71)99-56(109-49)40(87)33(45)80/h5,7,18-26,30-51,53-60,66,70-74,77-91H,3-4,6,8-17H2,1-2H3,(H,67,92)(H2,65,68,93)/t18-,19?,20?,21?,22?,23?,24-,25?,26?,30-,31-,32-,33-,34-,35-,36-,37?,38?,39?,40?,41?,42?,43?,44-,45-,46-,47-,48-,49-,50-,51-,53-,54-,55+,56-,57+,58-,59+,60-/m1/s1. The summed E-state index contributed by atoms with van der Waals surface area (Å²) in [6.07, 6.45) is -77.7. The van der Waals surface area contributed by atoms with Crippen LogP contribution in [0.25, 0.3) is 0 Å². The first-order valence-electron chi connectivity index (χ1n) is 35.5. The number of esters is 2. The first-order chi connectivity index (χ1) is 53.2. The van der Waals surface area contributed by atoms with E-state index in [2.05, 4.69) is 15.6 Å². The fraction of sp³-hybridized carbons (Fsp3) is 0.887. The van der Waals surface area contributed by atoms with Gasteiger partial charge in [-0.2, -0.15) is 37.3 Å². The lowest BCUT2D eigenvalue weighted by Gasteiger charge is -2.50. The second-order valence-electron chi connectivity index (χ2n) is 27.4. The van der Waals surface area contributed by atoms with E-state index < -0.39 is 334 Å². The predicted molar refractivity (Wildman–Crippen MR) is 355 cm³/mol. The molecular formula is C62H97F2N5O41S2. The van der Waals surface area contributed by atoms with Crippen molar-refractivity contribution in [2.75, 3.05) is 88.6 Å². The highest BCUT2D eigenvalue weighted by molar-refractivity contribution is 7.99. The van der Waals surface area contributed by atoms with Crippen LogP contribution >= 0.6 is 23.5 Å². The zero-order valence-corrected chi connectivity index (χ0v) is 61.1. The number of carbonyl (C=O) groups excluding carboxylic acids is 3. The lowest BCUT2D eigenvalue weighted by Crippen LogP contribution is -2.68. The molecule has 0 spiro atoms. The number of rotatable bonds is 22. The Balaban J connectivity index is 0.847. The first kappa shape index (κ1) is 90.5. The third-order valence-corrected chi connectivity index (χ3v) is 22.1. The predicted octanol–water partition coefficient (Wildman–Crippen LogP) is -14.8. The van der Waals surface area contributed by atoms with Gasteiger partial charge >= 0.3 is 23.6 Å². The number of carbonyl (C=O) groups is 3. The summed E-state index contributed by atoms with van der Waals surface area (Å²) < 4.78 is 128. The Morgan fingerprint density at radius 2 is 0.821 bits per heavy atom. The molecule has 1 amide bonds. The molecule has 50 heteroatoms. The van der Waals surface area contributed by atoms with Gasteiger partial charge < -0.3 is 199 Å². The minimum atomic E-state index is -4.08. The number of nitrogens with one attached hydrogen (secondary N) is 2. The number of hydrogen-bond acceptors (Lipinski definition) is 46. The first-order valence-corrected chi connectivity index (χ1v) is 37.8. The fourth-order valence-corrected chi connectivity index (χ4v) is 15.7. The second-order valence-corrected chi connectivity index (χ2v) is 29.8. The van der Waals surface area contributed by atoms with Gasteiger partial charge in [0.25, 0.3) is 0 Å². The summed E-state index contributed by atoms with van der Waals surface area (Å²) in [5.41, 5.74) is 4.19. The van der Waals surface area contributed by atoms with Crippen LogP contribution < -0.4 is 22.1 Å². The Morgan fingerprint density at radius 1 is 0.491 bits per heavy atom. The summed E-state index contributed by atoms with van der Waals surface area (Å²) in [5.74, 6) is -7.85. The van der Waals surface area contributed by atoms with Crippen molar-refractivity contribution in [1.29, 1.82) is 0 Å². The third-order valence-electron chi connectivity index (χ3n) is 20.0. The number of alkyl halides is 2. The number of thioether (sulfide) groups is 2. The number of likely N-dealkylation sites (N-methyl/N-ethyl adjacent to an activating group) is 1. The number of anilines is 1. The Morgan fingerprint density at radius 3 is 1.14 bits per heavy atom. The molecule has 1 aromatic heterocycles. The number of nitrogens with two attached hydrogens (primary N) is 1. The van der Waals surface area contributed by atoms with Crippen LogP contribution in [0.15, 0.2) is 17.1 Å². The number of nitrogen functional groups attached to an aromatic ring is 1. The summed E-state index contributed by atoms with van der Waals surface area (Å²) >= 11 is 2.06. The number of amides is 1. The molecule has 642 valence electrons. The molecule has 22 fully saturated rings. The van der Waals surface area contributed by atoms with Crippen LogP contribution in [0.2, 0.25) is 0 Å². The van der Waals surface area contributed by atoms with Gasteiger partial charge in [0.05, 0.1) is 57.7 Å². The molecule has 14 unspecified atom stereocenters. The van der Waals surface area contributed by atoms with Crippen LogP contribution in [0.3, 0.4) is 0 Å². The van der Waals surface area contributed by atoms with Crippen molar-refractivity contribution in [3.05, 3.63) is 22.7 Å².